The molecule has 0 radical (unpaired) electrons. The number of urea groups is 1. The fourth-order valence-electron chi connectivity index (χ4n) is 2.30. The Morgan fingerprint density at radius 3 is 2.90 bits per heavy atom. The standard InChI is InChI=1S/C14H17ClN2O4/c1-21-12-7-10(4-5-11(12)15)16-14(20)17-6-2-3-9(8-17)13(18)19/h4-5,7,9H,2-3,6,8H2,1H3,(H,16,20)(H,18,19)/t9-/m1/s1. The first-order chi connectivity index (χ1) is 10.0. The Morgan fingerprint density at radius 1 is 1.48 bits per heavy atom. The summed E-state index contributed by atoms with van der Waals surface area (Å²) in [6, 6.07) is 4.61. The van der Waals surface area contributed by atoms with Gasteiger partial charge in [-0.05, 0) is 25.0 Å². The van der Waals surface area contributed by atoms with Crippen molar-refractivity contribution in [2.24, 2.45) is 5.92 Å². The number of rotatable bonds is 3. The first-order valence-corrected chi connectivity index (χ1v) is 7.01. The Morgan fingerprint density at radius 2 is 2.24 bits per heavy atom. The summed E-state index contributed by atoms with van der Waals surface area (Å²) in [5, 5.41) is 12.2. The van der Waals surface area contributed by atoms with Crippen molar-refractivity contribution in [2.75, 3.05) is 25.5 Å². The minimum absolute atomic E-state index is 0.228. The fraction of sp³-hybridized carbons (Fsp3) is 0.429. The number of nitrogens with zero attached hydrogens (tertiary/aromatic N) is 1. The Bertz CT molecular complexity index is 550. The van der Waals surface area contributed by atoms with E-state index in [-0.39, 0.29) is 12.6 Å². The number of likely N-dealkylation sites (tertiary alicyclic amines) is 1. The molecule has 2 amide bonds. The molecule has 0 saturated carbocycles. The Balaban J connectivity index is 2.02. The van der Waals surface area contributed by atoms with Crippen LogP contribution in [0.15, 0.2) is 18.2 Å². The van der Waals surface area contributed by atoms with Gasteiger partial charge in [0.05, 0.1) is 18.1 Å². The zero-order chi connectivity index (χ0) is 15.4. The van der Waals surface area contributed by atoms with Crippen molar-refractivity contribution in [2.45, 2.75) is 12.8 Å². The summed E-state index contributed by atoms with van der Waals surface area (Å²) in [6.07, 6.45) is 1.29. The molecule has 1 heterocycles. The molecule has 0 unspecified atom stereocenters. The molecular formula is C14H17ClN2O4. The summed E-state index contributed by atoms with van der Waals surface area (Å²) < 4.78 is 5.09. The SMILES string of the molecule is COc1cc(NC(=O)N2CCC[C@@H](C(=O)O)C2)ccc1Cl. The molecule has 1 aromatic rings. The largest absolute Gasteiger partial charge is 0.495 e. The van der Waals surface area contributed by atoms with Crippen LogP contribution in [0.25, 0.3) is 0 Å². The Kier molecular flexibility index (Phi) is 4.90. The van der Waals surface area contributed by atoms with E-state index in [2.05, 4.69) is 5.32 Å². The monoisotopic (exact) mass is 312 g/mol. The molecule has 1 saturated heterocycles. The number of carboxylic acids is 1. The van der Waals surface area contributed by atoms with Crippen molar-refractivity contribution in [1.82, 2.24) is 4.90 Å². The number of halogens is 1. The second kappa shape index (κ2) is 6.67. The summed E-state index contributed by atoms with van der Waals surface area (Å²) >= 11 is 5.92. The maximum absolute atomic E-state index is 12.2. The van der Waals surface area contributed by atoms with Crippen LogP contribution in [0.4, 0.5) is 10.5 Å². The van der Waals surface area contributed by atoms with Gasteiger partial charge in [-0.25, -0.2) is 4.79 Å². The van der Waals surface area contributed by atoms with Gasteiger partial charge >= 0.3 is 12.0 Å². The molecule has 2 rings (SSSR count). The van der Waals surface area contributed by atoms with Gasteiger partial charge in [0.15, 0.2) is 0 Å². The van der Waals surface area contributed by atoms with E-state index in [4.69, 9.17) is 21.4 Å². The molecule has 7 heteroatoms. The summed E-state index contributed by atoms with van der Waals surface area (Å²) in [5.74, 6) is -0.888. The van der Waals surface area contributed by atoms with Crippen molar-refractivity contribution in [3.8, 4) is 5.75 Å². The van der Waals surface area contributed by atoms with Gasteiger partial charge in [0.2, 0.25) is 0 Å². The van der Waals surface area contributed by atoms with Gasteiger partial charge < -0.3 is 20.1 Å². The number of hydrogen-bond donors (Lipinski definition) is 2. The zero-order valence-electron chi connectivity index (χ0n) is 11.6. The third kappa shape index (κ3) is 3.78. The summed E-state index contributed by atoms with van der Waals surface area (Å²) in [5.41, 5.74) is 0.554. The van der Waals surface area contributed by atoms with Crippen LogP contribution >= 0.6 is 11.6 Å². The van der Waals surface area contributed by atoms with Crippen LogP contribution in [-0.2, 0) is 4.79 Å². The molecule has 1 atom stereocenters. The second-order valence-corrected chi connectivity index (χ2v) is 5.31. The highest BCUT2D eigenvalue weighted by Gasteiger charge is 2.28. The number of piperidine rings is 1. The van der Waals surface area contributed by atoms with Gasteiger partial charge in [-0.15, -0.1) is 0 Å². The number of amides is 2. The van der Waals surface area contributed by atoms with Crippen molar-refractivity contribution in [3.05, 3.63) is 23.2 Å². The number of ether oxygens (including phenoxy) is 1. The topological polar surface area (TPSA) is 78.9 Å². The van der Waals surface area contributed by atoms with Crippen LogP contribution in [-0.4, -0.2) is 42.2 Å². The molecule has 1 fully saturated rings. The van der Waals surface area contributed by atoms with Crippen molar-refractivity contribution in [3.63, 3.8) is 0 Å². The summed E-state index contributed by atoms with van der Waals surface area (Å²) in [7, 11) is 1.49. The van der Waals surface area contributed by atoms with Crippen LogP contribution < -0.4 is 10.1 Å². The van der Waals surface area contributed by atoms with Crippen molar-refractivity contribution >= 4 is 29.3 Å². The molecule has 0 spiro atoms. The van der Waals surface area contributed by atoms with Gasteiger partial charge in [0.25, 0.3) is 0 Å². The predicted octanol–water partition coefficient (Wildman–Crippen LogP) is 2.68. The number of carboxylic acid groups (broad SMARTS) is 1. The lowest BCUT2D eigenvalue weighted by molar-refractivity contribution is -0.143. The smallest absolute Gasteiger partial charge is 0.321 e. The number of methoxy groups -OCH3 is 1. The summed E-state index contributed by atoms with van der Waals surface area (Å²) in [4.78, 5) is 24.7. The third-order valence-corrected chi connectivity index (χ3v) is 3.77. The van der Waals surface area contributed by atoms with E-state index >= 15 is 0 Å². The normalized spacial score (nSPS) is 18.2. The van der Waals surface area contributed by atoms with E-state index in [0.29, 0.717) is 35.8 Å². The van der Waals surface area contributed by atoms with Gasteiger partial charge in [-0.1, -0.05) is 11.6 Å². The van der Waals surface area contributed by atoms with Crippen LogP contribution in [0.1, 0.15) is 12.8 Å². The summed E-state index contributed by atoms with van der Waals surface area (Å²) in [6.45, 7) is 0.784. The lowest BCUT2D eigenvalue weighted by Crippen LogP contribution is -2.44. The minimum Gasteiger partial charge on any atom is -0.495 e. The quantitative estimate of drug-likeness (QED) is 0.899. The molecule has 21 heavy (non-hydrogen) atoms. The molecule has 1 aliphatic heterocycles. The second-order valence-electron chi connectivity index (χ2n) is 4.90. The molecule has 114 valence electrons. The highest BCUT2D eigenvalue weighted by atomic mass is 35.5. The van der Waals surface area contributed by atoms with Crippen LogP contribution in [0.2, 0.25) is 5.02 Å². The average molecular weight is 313 g/mol. The fourth-order valence-corrected chi connectivity index (χ4v) is 2.50. The predicted molar refractivity (Wildman–Crippen MR) is 79.0 cm³/mol. The maximum Gasteiger partial charge on any atom is 0.321 e. The first kappa shape index (κ1) is 15.4. The van der Waals surface area contributed by atoms with Gasteiger partial charge in [-0.3, -0.25) is 4.79 Å². The van der Waals surface area contributed by atoms with Gasteiger partial charge in [0, 0.05) is 24.8 Å². The Labute approximate surface area is 127 Å². The first-order valence-electron chi connectivity index (χ1n) is 6.63. The van der Waals surface area contributed by atoms with Gasteiger partial charge in [-0.2, -0.15) is 0 Å². The molecule has 1 aliphatic rings. The third-order valence-electron chi connectivity index (χ3n) is 3.46. The number of anilines is 1. The number of benzene rings is 1. The van der Waals surface area contributed by atoms with E-state index in [1.807, 2.05) is 0 Å². The molecule has 0 aliphatic carbocycles. The number of carbonyl (C=O) groups excluding carboxylic acids is 1. The highest BCUT2D eigenvalue weighted by molar-refractivity contribution is 6.32. The van der Waals surface area contributed by atoms with E-state index in [9.17, 15) is 9.59 Å². The van der Waals surface area contributed by atoms with E-state index in [1.54, 1.807) is 18.2 Å². The van der Waals surface area contributed by atoms with Crippen LogP contribution in [0, 0.1) is 5.92 Å². The van der Waals surface area contributed by atoms with Crippen LogP contribution in [0.3, 0.4) is 0 Å². The number of aliphatic carboxylic acids is 1. The molecular weight excluding hydrogens is 296 g/mol. The molecule has 6 nitrogen and oxygen atoms in total. The van der Waals surface area contributed by atoms with Crippen LogP contribution in [0.5, 0.6) is 5.75 Å². The van der Waals surface area contributed by atoms with Crippen molar-refractivity contribution < 1.29 is 19.4 Å². The number of carbonyl (C=O) groups is 2. The zero-order valence-corrected chi connectivity index (χ0v) is 12.4. The van der Waals surface area contributed by atoms with E-state index in [0.717, 1.165) is 0 Å². The average Bonchev–Trinajstić information content (AvgIpc) is 2.49. The molecule has 0 aromatic heterocycles. The Hall–Kier alpha value is -1.95. The molecule has 2 N–H and O–H groups in total. The number of hydrogen-bond acceptors (Lipinski definition) is 3. The molecule has 1 aromatic carbocycles. The highest BCUT2D eigenvalue weighted by Crippen LogP contribution is 2.27. The van der Waals surface area contributed by atoms with Crippen molar-refractivity contribution in [1.29, 1.82) is 0 Å². The maximum atomic E-state index is 12.2. The number of nitrogens with one attached hydrogen (secondary N) is 1. The van der Waals surface area contributed by atoms with E-state index in [1.165, 1.54) is 12.0 Å². The van der Waals surface area contributed by atoms with E-state index < -0.39 is 11.9 Å². The molecule has 0 bridgehead atoms. The minimum atomic E-state index is -0.860. The lowest BCUT2D eigenvalue weighted by Gasteiger charge is -2.30. The lowest BCUT2D eigenvalue weighted by atomic mass is 9.99. The van der Waals surface area contributed by atoms with Gasteiger partial charge in [0.1, 0.15) is 5.75 Å².